The summed E-state index contributed by atoms with van der Waals surface area (Å²) in [6.07, 6.45) is 0. The van der Waals surface area contributed by atoms with Gasteiger partial charge in [0.05, 0.1) is 5.69 Å². The number of nitrogens with one attached hydrogen (secondary N) is 1. The average Bonchev–Trinajstić information content (AvgIpc) is 2.40. The second-order valence-corrected chi connectivity index (χ2v) is 2.76. The van der Waals surface area contributed by atoms with Gasteiger partial charge in [0.1, 0.15) is 10.7 Å². The molecule has 1 aromatic rings. The fourth-order valence-electron chi connectivity index (χ4n) is 0.775. The highest BCUT2D eigenvalue weighted by Gasteiger charge is 2.07. The van der Waals surface area contributed by atoms with Crippen LogP contribution < -0.4 is 5.32 Å². The minimum absolute atomic E-state index is 0.845. The van der Waals surface area contributed by atoms with Crippen molar-refractivity contribution in [1.29, 1.82) is 0 Å². The summed E-state index contributed by atoms with van der Waals surface area (Å²) in [4.78, 5) is 5.06. The van der Waals surface area contributed by atoms with Crippen molar-refractivity contribution in [2.45, 2.75) is 6.92 Å². The van der Waals surface area contributed by atoms with Crippen LogP contribution in [0.15, 0.2) is 4.99 Å². The van der Waals surface area contributed by atoms with E-state index < -0.39 is 0 Å². The Morgan fingerprint density at radius 3 is 2.73 bits per heavy atom. The number of nitrogens with zero attached hydrogens (tertiary/aromatic N) is 3. The van der Waals surface area contributed by atoms with Crippen LogP contribution in [-0.4, -0.2) is 29.5 Å². The Morgan fingerprint density at radius 1 is 1.64 bits per heavy atom. The van der Waals surface area contributed by atoms with E-state index in [1.54, 1.807) is 7.05 Å². The number of aliphatic imine (C=N–C) groups is 1. The summed E-state index contributed by atoms with van der Waals surface area (Å²) in [6.45, 7) is 1.92. The lowest BCUT2D eigenvalue weighted by Gasteiger charge is -1.99. The summed E-state index contributed by atoms with van der Waals surface area (Å²) in [5, 5.41) is 6.86. The van der Waals surface area contributed by atoms with Gasteiger partial charge in [0.15, 0.2) is 0 Å². The zero-order valence-corrected chi connectivity index (χ0v) is 7.57. The van der Waals surface area contributed by atoms with Crippen molar-refractivity contribution in [2.24, 2.45) is 4.99 Å². The van der Waals surface area contributed by atoms with Gasteiger partial charge in [0.2, 0.25) is 0 Å². The highest BCUT2D eigenvalue weighted by Crippen LogP contribution is 2.08. The van der Waals surface area contributed by atoms with Crippen LogP contribution in [0.1, 0.15) is 10.6 Å². The third-order valence-electron chi connectivity index (χ3n) is 1.33. The predicted octanol–water partition coefficient (Wildman–Crippen LogP) is 0.442. The molecule has 0 aliphatic heterocycles. The van der Waals surface area contributed by atoms with Crippen molar-refractivity contribution < 1.29 is 0 Å². The van der Waals surface area contributed by atoms with Gasteiger partial charge in [-0.25, -0.2) is 0 Å². The number of aromatic nitrogens is 2. The number of hydrogen-bond donors (Lipinski definition) is 1. The molecule has 0 fully saturated rings. The van der Waals surface area contributed by atoms with E-state index in [2.05, 4.69) is 19.9 Å². The maximum absolute atomic E-state index is 4.05. The quantitative estimate of drug-likeness (QED) is 0.491. The first-order valence-corrected chi connectivity index (χ1v) is 4.00. The van der Waals surface area contributed by atoms with E-state index in [1.165, 1.54) is 11.5 Å². The number of aryl methyl sites for hydroxylation is 1. The SMILES string of the molecule is CN=C(NC)c1snnc1C. The number of hydrogen-bond acceptors (Lipinski definition) is 4. The van der Waals surface area contributed by atoms with Crippen LogP contribution in [0.25, 0.3) is 0 Å². The molecule has 0 aliphatic rings. The van der Waals surface area contributed by atoms with Crippen LogP contribution >= 0.6 is 11.5 Å². The van der Waals surface area contributed by atoms with Crippen LogP contribution in [-0.2, 0) is 0 Å². The van der Waals surface area contributed by atoms with E-state index in [0.29, 0.717) is 0 Å². The Bertz CT molecular complexity index is 265. The van der Waals surface area contributed by atoms with Crippen molar-refractivity contribution in [3.05, 3.63) is 10.6 Å². The molecule has 0 radical (unpaired) electrons. The molecule has 60 valence electrons. The van der Waals surface area contributed by atoms with Crippen molar-refractivity contribution >= 4 is 17.4 Å². The number of rotatable bonds is 1. The Kier molecular flexibility index (Phi) is 2.53. The summed E-state index contributed by atoms with van der Waals surface area (Å²) in [5.74, 6) is 0.845. The highest BCUT2D eigenvalue weighted by atomic mass is 32.1. The standard InChI is InChI=1S/C6H10N4S/c1-4-5(11-10-9-4)6(7-2)8-3/h1-3H3,(H,7,8). The minimum atomic E-state index is 0.845. The molecule has 1 aromatic heterocycles. The molecular formula is C6H10N4S. The lowest BCUT2D eigenvalue weighted by molar-refractivity contribution is 1.08. The van der Waals surface area contributed by atoms with E-state index in [1.807, 2.05) is 14.0 Å². The fraction of sp³-hybridized carbons (Fsp3) is 0.500. The highest BCUT2D eigenvalue weighted by molar-refractivity contribution is 7.08. The average molecular weight is 170 g/mol. The topological polar surface area (TPSA) is 50.2 Å². The summed E-state index contributed by atoms with van der Waals surface area (Å²) < 4.78 is 3.81. The smallest absolute Gasteiger partial charge is 0.141 e. The maximum atomic E-state index is 4.05. The van der Waals surface area contributed by atoms with Gasteiger partial charge >= 0.3 is 0 Å². The molecule has 0 saturated carbocycles. The van der Waals surface area contributed by atoms with Gasteiger partial charge in [-0.05, 0) is 18.5 Å². The zero-order chi connectivity index (χ0) is 8.27. The van der Waals surface area contributed by atoms with Gasteiger partial charge in [0.25, 0.3) is 0 Å². The largest absolute Gasteiger partial charge is 0.372 e. The van der Waals surface area contributed by atoms with Gasteiger partial charge in [-0.15, -0.1) is 5.10 Å². The molecule has 4 nitrogen and oxygen atoms in total. The van der Waals surface area contributed by atoms with E-state index in [-0.39, 0.29) is 0 Å². The molecule has 0 aromatic carbocycles. The van der Waals surface area contributed by atoms with Crippen LogP contribution in [0, 0.1) is 6.92 Å². The Balaban J connectivity index is 3.00. The molecule has 5 heteroatoms. The zero-order valence-electron chi connectivity index (χ0n) is 6.75. The van der Waals surface area contributed by atoms with E-state index in [4.69, 9.17) is 0 Å². The van der Waals surface area contributed by atoms with Crippen molar-refractivity contribution in [1.82, 2.24) is 14.9 Å². The normalized spacial score (nSPS) is 11.7. The molecule has 0 saturated heterocycles. The molecular weight excluding hydrogens is 160 g/mol. The van der Waals surface area contributed by atoms with Crippen molar-refractivity contribution in [2.75, 3.05) is 14.1 Å². The fourth-order valence-corrected chi connectivity index (χ4v) is 1.47. The van der Waals surface area contributed by atoms with E-state index in [0.717, 1.165) is 16.4 Å². The minimum Gasteiger partial charge on any atom is -0.372 e. The molecule has 1 N–H and O–H groups in total. The maximum Gasteiger partial charge on any atom is 0.141 e. The van der Waals surface area contributed by atoms with Crippen molar-refractivity contribution in [3.63, 3.8) is 0 Å². The summed E-state index contributed by atoms with van der Waals surface area (Å²) in [5.41, 5.74) is 0.921. The lowest BCUT2D eigenvalue weighted by Crippen LogP contribution is -2.18. The van der Waals surface area contributed by atoms with Gasteiger partial charge in [-0.3, -0.25) is 4.99 Å². The van der Waals surface area contributed by atoms with Gasteiger partial charge in [-0.1, -0.05) is 4.49 Å². The first-order valence-electron chi connectivity index (χ1n) is 3.23. The Hall–Kier alpha value is -0.970. The molecule has 1 rings (SSSR count). The summed E-state index contributed by atoms with van der Waals surface area (Å²) >= 11 is 1.35. The van der Waals surface area contributed by atoms with E-state index in [9.17, 15) is 0 Å². The van der Waals surface area contributed by atoms with Gasteiger partial charge in [-0.2, -0.15) is 0 Å². The Morgan fingerprint density at radius 2 is 2.36 bits per heavy atom. The molecule has 0 amide bonds. The second-order valence-electron chi connectivity index (χ2n) is 2.01. The molecule has 0 aliphatic carbocycles. The third-order valence-corrected chi connectivity index (χ3v) is 2.16. The van der Waals surface area contributed by atoms with E-state index >= 15 is 0 Å². The molecule has 0 atom stereocenters. The predicted molar refractivity (Wildman–Crippen MR) is 46.2 cm³/mol. The Labute approximate surface area is 69.5 Å². The second kappa shape index (κ2) is 3.43. The van der Waals surface area contributed by atoms with Crippen LogP contribution in [0.5, 0.6) is 0 Å². The molecule has 11 heavy (non-hydrogen) atoms. The van der Waals surface area contributed by atoms with Crippen molar-refractivity contribution in [3.8, 4) is 0 Å². The lowest BCUT2D eigenvalue weighted by atomic mass is 10.4. The van der Waals surface area contributed by atoms with Gasteiger partial charge < -0.3 is 5.32 Å². The first kappa shape index (κ1) is 8.13. The molecule has 1 heterocycles. The monoisotopic (exact) mass is 170 g/mol. The summed E-state index contributed by atoms with van der Waals surface area (Å²) in [7, 11) is 3.58. The molecule has 0 spiro atoms. The molecule has 0 unspecified atom stereocenters. The van der Waals surface area contributed by atoms with Crippen LogP contribution in [0.4, 0.5) is 0 Å². The summed E-state index contributed by atoms with van der Waals surface area (Å²) in [6, 6.07) is 0. The number of amidine groups is 1. The third kappa shape index (κ3) is 1.54. The van der Waals surface area contributed by atoms with Crippen LogP contribution in [0.2, 0.25) is 0 Å². The van der Waals surface area contributed by atoms with Crippen LogP contribution in [0.3, 0.4) is 0 Å². The first-order chi connectivity index (χ1) is 5.29. The molecule has 0 bridgehead atoms. The van der Waals surface area contributed by atoms with Gasteiger partial charge in [0, 0.05) is 14.1 Å².